The van der Waals surface area contributed by atoms with E-state index in [1.165, 1.54) is 19.1 Å². The Morgan fingerprint density at radius 1 is 1.37 bits per heavy atom. The Labute approximate surface area is 110 Å². The van der Waals surface area contributed by atoms with Crippen LogP contribution in [0.4, 0.5) is 4.39 Å². The number of rotatable bonds is 5. The third-order valence-electron chi connectivity index (χ3n) is 3.28. The van der Waals surface area contributed by atoms with Crippen LogP contribution >= 0.6 is 0 Å². The molecule has 0 radical (unpaired) electrons. The van der Waals surface area contributed by atoms with E-state index in [2.05, 4.69) is 0 Å². The summed E-state index contributed by atoms with van der Waals surface area (Å²) in [5.74, 6) is -2.86. The Hall–Kier alpha value is -1.91. The number of aliphatic carboxylic acids is 1. The van der Waals surface area contributed by atoms with Crippen molar-refractivity contribution in [1.29, 1.82) is 0 Å². The molecule has 1 aromatic rings. The molecule has 1 N–H and O–H groups in total. The van der Waals surface area contributed by atoms with Gasteiger partial charge in [0.2, 0.25) is 5.91 Å². The highest BCUT2D eigenvalue weighted by molar-refractivity contribution is 5.96. The van der Waals surface area contributed by atoms with Gasteiger partial charge in [0.25, 0.3) is 0 Å². The molecule has 1 unspecified atom stereocenters. The molecule has 4 nitrogen and oxygen atoms in total. The molecule has 0 aliphatic heterocycles. The topological polar surface area (TPSA) is 57.6 Å². The lowest BCUT2D eigenvalue weighted by atomic mass is 10.1. The Kier molecular flexibility index (Phi) is 3.83. The largest absolute Gasteiger partial charge is 0.481 e. The van der Waals surface area contributed by atoms with E-state index in [0.717, 1.165) is 18.4 Å². The summed E-state index contributed by atoms with van der Waals surface area (Å²) in [6, 6.07) is 6.03. The molecule has 0 saturated heterocycles. The molecule has 1 amide bonds. The Morgan fingerprint density at radius 3 is 2.42 bits per heavy atom. The van der Waals surface area contributed by atoms with Crippen LogP contribution in [0.15, 0.2) is 24.3 Å². The summed E-state index contributed by atoms with van der Waals surface area (Å²) >= 11 is 0. The fourth-order valence-electron chi connectivity index (χ4n) is 1.91. The summed E-state index contributed by atoms with van der Waals surface area (Å²) in [4.78, 5) is 24.6. The van der Waals surface area contributed by atoms with E-state index in [4.69, 9.17) is 5.11 Å². The molecule has 1 saturated carbocycles. The third kappa shape index (κ3) is 3.30. The monoisotopic (exact) mass is 265 g/mol. The highest BCUT2D eigenvalue weighted by atomic mass is 19.1. The van der Waals surface area contributed by atoms with Gasteiger partial charge in [0.1, 0.15) is 11.7 Å². The van der Waals surface area contributed by atoms with Gasteiger partial charge in [-0.2, -0.15) is 0 Å². The van der Waals surface area contributed by atoms with Crippen molar-refractivity contribution in [1.82, 2.24) is 4.90 Å². The van der Waals surface area contributed by atoms with Crippen LogP contribution in [0.2, 0.25) is 0 Å². The van der Waals surface area contributed by atoms with Gasteiger partial charge in [0.15, 0.2) is 0 Å². The molecule has 1 aliphatic carbocycles. The maximum absolute atomic E-state index is 12.8. The van der Waals surface area contributed by atoms with Crippen LogP contribution in [0, 0.1) is 11.7 Å². The average Bonchev–Trinajstić information content (AvgIpc) is 3.20. The maximum Gasteiger partial charge on any atom is 0.315 e. The zero-order valence-corrected chi connectivity index (χ0v) is 10.7. The van der Waals surface area contributed by atoms with Gasteiger partial charge < -0.3 is 10.0 Å². The first-order chi connectivity index (χ1) is 8.99. The highest BCUT2D eigenvalue weighted by Crippen LogP contribution is 2.29. The van der Waals surface area contributed by atoms with Crippen LogP contribution in [-0.4, -0.2) is 27.9 Å². The van der Waals surface area contributed by atoms with Crippen LogP contribution in [0.5, 0.6) is 0 Å². The van der Waals surface area contributed by atoms with Crippen LogP contribution < -0.4 is 0 Å². The summed E-state index contributed by atoms with van der Waals surface area (Å²) in [5.41, 5.74) is 0.805. The zero-order valence-electron chi connectivity index (χ0n) is 10.7. The lowest BCUT2D eigenvalue weighted by molar-refractivity contribution is -0.150. The van der Waals surface area contributed by atoms with E-state index in [0.29, 0.717) is 6.54 Å². The second-order valence-corrected chi connectivity index (χ2v) is 4.88. The van der Waals surface area contributed by atoms with Crippen molar-refractivity contribution in [3.8, 4) is 0 Å². The summed E-state index contributed by atoms with van der Waals surface area (Å²) < 4.78 is 12.8. The first-order valence-corrected chi connectivity index (χ1v) is 6.26. The third-order valence-corrected chi connectivity index (χ3v) is 3.28. The molecule has 102 valence electrons. The second-order valence-electron chi connectivity index (χ2n) is 4.88. The minimum atomic E-state index is -1.12. The summed E-state index contributed by atoms with van der Waals surface area (Å²) in [7, 11) is 0. The number of carboxylic acid groups (broad SMARTS) is 1. The molecule has 2 rings (SSSR count). The van der Waals surface area contributed by atoms with Crippen LogP contribution in [0.25, 0.3) is 0 Å². The van der Waals surface area contributed by atoms with Crippen molar-refractivity contribution >= 4 is 11.9 Å². The summed E-state index contributed by atoms with van der Waals surface area (Å²) in [6.07, 6.45) is 1.80. The molecule has 0 heterocycles. The predicted molar refractivity (Wildman–Crippen MR) is 66.8 cm³/mol. The molecule has 0 aromatic heterocycles. The smallest absolute Gasteiger partial charge is 0.315 e. The molecule has 0 spiro atoms. The molecule has 1 aliphatic rings. The first-order valence-electron chi connectivity index (χ1n) is 6.26. The van der Waals surface area contributed by atoms with Gasteiger partial charge in [-0.15, -0.1) is 0 Å². The van der Waals surface area contributed by atoms with E-state index in [9.17, 15) is 14.0 Å². The number of amides is 1. The van der Waals surface area contributed by atoms with Gasteiger partial charge in [0, 0.05) is 12.6 Å². The number of hydrogen-bond acceptors (Lipinski definition) is 2. The number of nitrogens with zero attached hydrogens (tertiary/aromatic N) is 1. The normalized spacial score (nSPS) is 15.9. The van der Waals surface area contributed by atoms with E-state index >= 15 is 0 Å². The van der Waals surface area contributed by atoms with Crippen LogP contribution in [0.3, 0.4) is 0 Å². The average molecular weight is 265 g/mol. The van der Waals surface area contributed by atoms with E-state index in [1.54, 1.807) is 17.0 Å². The lowest BCUT2D eigenvalue weighted by Crippen LogP contribution is -2.39. The maximum atomic E-state index is 12.8. The summed E-state index contributed by atoms with van der Waals surface area (Å²) in [5, 5.41) is 8.91. The number of carboxylic acids is 1. The van der Waals surface area contributed by atoms with Crippen LogP contribution in [-0.2, 0) is 16.1 Å². The standard InChI is InChI=1S/C14H16FNO3/c1-9(14(18)19)13(17)16(12-6-7-12)8-10-2-4-11(15)5-3-10/h2-5,9,12H,6-8H2,1H3,(H,18,19). The quantitative estimate of drug-likeness (QED) is 0.829. The number of hydrogen-bond donors (Lipinski definition) is 1. The molecule has 1 fully saturated rings. The van der Waals surface area contributed by atoms with Crippen LogP contribution in [0.1, 0.15) is 25.3 Å². The molecular formula is C14H16FNO3. The SMILES string of the molecule is CC(C(=O)O)C(=O)N(Cc1ccc(F)cc1)C1CC1. The number of carbonyl (C=O) groups excluding carboxylic acids is 1. The number of carbonyl (C=O) groups is 2. The Bertz CT molecular complexity index is 482. The zero-order chi connectivity index (χ0) is 14.0. The minimum absolute atomic E-state index is 0.124. The molecule has 19 heavy (non-hydrogen) atoms. The number of benzene rings is 1. The molecular weight excluding hydrogens is 249 g/mol. The highest BCUT2D eigenvalue weighted by Gasteiger charge is 2.36. The molecule has 1 atom stereocenters. The molecule has 0 bridgehead atoms. The van der Waals surface area contributed by atoms with Gasteiger partial charge in [0.05, 0.1) is 0 Å². The molecule has 5 heteroatoms. The molecule has 1 aromatic carbocycles. The van der Waals surface area contributed by atoms with Gasteiger partial charge in [-0.25, -0.2) is 4.39 Å². The van der Waals surface area contributed by atoms with Gasteiger partial charge in [-0.05, 0) is 37.5 Å². The van der Waals surface area contributed by atoms with E-state index in [-0.39, 0.29) is 17.8 Å². The summed E-state index contributed by atoms with van der Waals surface area (Å²) in [6.45, 7) is 1.73. The van der Waals surface area contributed by atoms with E-state index in [1.807, 2.05) is 0 Å². The van der Waals surface area contributed by atoms with Gasteiger partial charge >= 0.3 is 5.97 Å². The van der Waals surface area contributed by atoms with Crippen molar-refractivity contribution in [3.63, 3.8) is 0 Å². The predicted octanol–water partition coefficient (Wildman–Crippen LogP) is 2.04. The fourth-order valence-corrected chi connectivity index (χ4v) is 1.91. The van der Waals surface area contributed by atoms with E-state index < -0.39 is 11.9 Å². The van der Waals surface area contributed by atoms with Crippen molar-refractivity contribution < 1.29 is 19.1 Å². The lowest BCUT2D eigenvalue weighted by Gasteiger charge is -2.24. The first kappa shape index (κ1) is 13.5. The Morgan fingerprint density at radius 2 is 1.95 bits per heavy atom. The Balaban J connectivity index is 2.10. The van der Waals surface area contributed by atoms with Gasteiger partial charge in [-0.3, -0.25) is 9.59 Å². The second kappa shape index (κ2) is 5.38. The number of halogens is 1. The van der Waals surface area contributed by atoms with Gasteiger partial charge in [-0.1, -0.05) is 12.1 Å². The van der Waals surface area contributed by atoms with Crippen molar-refractivity contribution in [3.05, 3.63) is 35.6 Å². The van der Waals surface area contributed by atoms with Crippen molar-refractivity contribution in [2.75, 3.05) is 0 Å². The van der Waals surface area contributed by atoms with Crippen molar-refractivity contribution in [2.45, 2.75) is 32.4 Å². The minimum Gasteiger partial charge on any atom is -0.481 e. The van der Waals surface area contributed by atoms with Crippen molar-refractivity contribution in [2.24, 2.45) is 5.92 Å². The fraction of sp³-hybridized carbons (Fsp3) is 0.429.